The van der Waals surface area contributed by atoms with Gasteiger partial charge in [-0.1, -0.05) is 12.1 Å². The topological polar surface area (TPSA) is 98.7 Å². The first-order chi connectivity index (χ1) is 15.8. The minimum Gasteiger partial charge on any atom is -0.573 e. The molecule has 174 valence electrons. The van der Waals surface area contributed by atoms with Crippen LogP contribution in [0.3, 0.4) is 0 Å². The summed E-state index contributed by atoms with van der Waals surface area (Å²) in [4.78, 5) is 33.7. The standard InChI is InChI=1S/C21H23N3O2.3CO.Re/c1-25-20-11-17(12-21(13-20)26-2)14-24(15-18-7-3-5-9-22-18)16-19-8-4-6-10-23-19;3*1-2;/h3-13H,14-16H2,1-2H3;;;;/q;3*-1;. The molecule has 0 N–H and O–H groups in total. The van der Waals surface area contributed by atoms with Gasteiger partial charge in [-0.15, -0.1) is 0 Å². The van der Waals surface area contributed by atoms with E-state index in [2.05, 4.69) is 35.2 Å². The summed E-state index contributed by atoms with van der Waals surface area (Å²) in [6, 6.07) is 17.9. The Bertz CT molecular complexity index is 804. The van der Waals surface area contributed by atoms with Crippen molar-refractivity contribution in [2.45, 2.75) is 19.6 Å². The average Bonchev–Trinajstić information content (AvgIpc) is 2.88. The van der Waals surface area contributed by atoms with Gasteiger partial charge in [-0.25, -0.2) is 0 Å². The van der Waals surface area contributed by atoms with Gasteiger partial charge in [-0.05, 0) is 42.0 Å². The molecule has 0 atom stereocenters. The van der Waals surface area contributed by atoms with Crippen LogP contribution in [-0.2, 0) is 54.4 Å². The van der Waals surface area contributed by atoms with Crippen LogP contribution in [0.1, 0.15) is 17.0 Å². The fourth-order valence-corrected chi connectivity index (χ4v) is 2.83. The van der Waals surface area contributed by atoms with Gasteiger partial charge >= 0.3 is 0 Å². The third kappa shape index (κ3) is 12.4. The number of aromatic nitrogens is 2. The van der Waals surface area contributed by atoms with Crippen LogP contribution in [0.5, 0.6) is 11.5 Å². The Hall–Kier alpha value is -3.25. The zero-order valence-electron chi connectivity index (χ0n) is 18.2. The molecule has 0 aliphatic rings. The number of nitrogens with zero attached hydrogens (tertiary/aromatic N) is 3. The fourth-order valence-electron chi connectivity index (χ4n) is 2.83. The predicted octanol–water partition coefficient (Wildman–Crippen LogP) is 2.50. The molecule has 0 fully saturated rings. The number of hydrogen-bond acceptors (Lipinski definition) is 8. The third-order valence-corrected chi connectivity index (χ3v) is 4.04. The van der Waals surface area contributed by atoms with Gasteiger partial charge < -0.3 is 44.2 Å². The second kappa shape index (κ2) is 20.6. The van der Waals surface area contributed by atoms with E-state index in [4.69, 9.17) is 23.9 Å². The smallest absolute Gasteiger partial charge is 0.122 e. The SMILES string of the molecule is COc1cc(CN(Cc2ccccn2)Cc2ccccn2)cc(OC)c1.[C-]=O.[C-]=O.[C-]=O.[Re]. The van der Waals surface area contributed by atoms with Crippen molar-refractivity contribution in [1.29, 1.82) is 0 Å². The number of rotatable bonds is 8. The monoisotopic (exact) mass is 620 g/mol. The van der Waals surface area contributed by atoms with E-state index in [0.717, 1.165) is 48.1 Å². The van der Waals surface area contributed by atoms with Crippen molar-refractivity contribution >= 4 is 20.4 Å². The molecule has 4 radical (unpaired) electrons. The van der Waals surface area contributed by atoms with Gasteiger partial charge in [-0.3, -0.25) is 14.9 Å². The molecule has 0 aliphatic heterocycles. The molecule has 0 bridgehead atoms. The van der Waals surface area contributed by atoms with Crippen LogP contribution in [0.25, 0.3) is 0 Å². The summed E-state index contributed by atoms with van der Waals surface area (Å²) >= 11 is 0. The molecule has 8 nitrogen and oxygen atoms in total. The zero-order valence-corrected chi connectivity index (χ0v) is 20.9. The van der Waals surface area contributed by atoms with Gasteiger partial charge in [0.1, 0.15) is 11.5 Å². The summed E-state index contributed by atoms with van der Waals surface area (Å²) in [5, 5.41) is 0. The van der Waals surface area contributed by atoms with Gasteiger partial charge in [0.25, 0.3) is 0 Å². The number of ether oxygens (including phenoxy) is 2. The van der Waals surface area contributed by atoms with Crippen molar-refractivity contribution in [1.82, 2.24) is 14.9 Å². The molecule has 0 unspecified atom stereocenters. The van der Waals surface area contributed by atoms with Crippen LogP contribution < -0.4 is 9.47 Å². The van der Waals surface area contributed by atoms with Crippen molar-refractivity contribution in [3.05, 3.63) is 83.9 Å². The summed E-state index contributed by atoms with van der Waals surface area (Å²) in [6.45, 7) is 15.7. The molecule has 3 rings (SSSR count). The van der Waals surface area contributed by atoms with E-state index in [-0.39, 0.29) is 20.4 Å². The van der Waals surface area contributed by atoms with Gasteiger partial charge in [0.05, 0.1) is 25.6 Å². The first-order valence-electron chi connectivity index (χ1n) is 9.12. The summed E-state index contributed by atoms with van der Waals surface area (Å²) in [7, 11) is 3.33. The number of benzene rings is 1. The van der Waals surface area contributed by atoms with Crippen LogP contribution in [0.2, 0.25) is 0 Å². The molecular formula is C24H23N3O5Re-3. The number of methoxy groups -OCH3 is 2. The first kappa shape index (κ1) is 31.9. The van der Waals surface area contributed by atoms with Gasteiger partial charge in [0.15, 0.2) is 0 Å². The Kier molecular flexibility index (Phi) is 20.0. The Balaban J connectivity index is 0. The molecule has 0 saturated carbocycles. The number of carbonyl (C=O) groups excluding carboxylic acids is 3. The van der Waals surface area contributed by atoms with Crippen molar-refractivity contribution in [2.24, 2.45) is 0 Å². The molecule has 0 aliphatic carbocycles. The van der Waals surface area contributed by atoms with Crippen LogP contribution in [0, 0.1) is 0 Å². The van der Waals surface area contributed by atoms with E-state index in [9.17, 15) is 0 Å². The van der Waals surface area contributed by atoms with Crippen LogP contribution in [0.4, 0.5) is 0 Å². The summed E-state index contributed by atoms with van der Waals surface area (Å²) in [5.74, 6) is 1.57. The van der Waals surface area contributed by atoms with Crippen LogP contribution in [-0.4, -0.2) is 49.5 Å². The summed E-state index contributed by atoms with van der Waals surface area (Å²) < 4.78 is 10.8. The third-order valence-electron chi connectivity index (χ3n) is 4.04. The molecule has 2 aromatic heterocycles. The Morgan fingerprint density at radius 2 is 1.12 bits per heavy atom. The Labute approximate surface area is 208 Å². The molecule has 0 saturated heterocycles. The van der Waals surface area contributed by atoms with E-state index < -0.39 is 0 Å². The van der Waals surface area contributed by atoms with Gasteiger partial charge in [-0.2, -0.15) is 0 Å². The molecule has 0 amide bonds. The van der Waals surface area contributed by atoms with Crippen molar-refractivity contribution < 1.29 is 44.3 Å². The first-order valence-corrected chi connectivity index (χ1v) is 9.12. The van der Waals surface area contributed by atoms with Crippen molar-refractivity contribution in [3.8, 4) is 11.5 Å². The maximum absolute atomic E-state index is 7.50. The quantitative estimate of drug-likeness (QED) is 0.355. The van der Waals surface area contributed by atoms with Gasteiger partial charge in [0.2, 0.25) is 0 Å². The zero-order chi connectivity index (χ0) is 24.2. The van der Waals surface area contributed by atoms with Crippen LogP contribution >= 0.6 is 0 Å². The predicted molar refractivity (Wildman–Crippen MR) is 118 cm³/mol. The van der Waals surface area contributed by atoms with E-state index in [1.165, 1.54) is 0 Å². The number of pyridine rings is 2. The second-order valence-corrected chi connectivity index (χ2v) is 6.01. The second-order valence-electron chi connectivity index (χ2n) is 6.01. The molecular weight excluding hydrogens is 596 g/mol. The van der Waals surface area contributed by atoms with E-state index in [0.29, 0.717) is 0 Å². The minimum absolute atomic E-state index is 0. The molecule has 0 spiro atoms. The Morgan fingerprint density at radius 1 is 0.697 bits per heavy atom. The summed E-state index contributed by atoms with van der Waals surface area (Å²) in [5.41, 5.74) is 3.17. The maximum Gasteiger partial charge on any atom is 0.122 e. The molecule has 1 aromatic carbocycles. The Morgan fingerprint density at radius 3 is 1.45 bits per heavy atom. The van der Waals surface area contributed by atoms with Crippen molar-refractivity contribution in [2.75, 3.05) is 14.2 Å². The maximum atomic E-state index is 7.50. The molecule has 3 aromatic rings. The van der Waals surface area contributed by atoms with E-state index >= 15 is 0 Å². The largest absolute Gasteiger partial charge is 0.573 e. The van der Waals surface area contributed by atoms with Gasteiger partial charge in [0, 0.05) is 58.5 Å². The normalized spacial score (nSPS) is 8.82. The summed E-state index contributed by atoms with van der Waals surface area (Å²) in [6.07, 6.45) is 3.64. The molecule has 9 heteroatoms. The molecule has 2 heterocycles. The number of hydrogen-bond donors (Lipinski definition) is 0. The average molecular weight is 620 g/mol. The van der Waals surface area contributed by atoms with Crippen molar-refractivity contribution in [3.63, 3.8) is 0 Å². The minimum atomic E-state index is 0. The van der Waals surface area contributed by atoms with E-state index in [1.807, 2.05) is 67.0 Å². The van der Waals surface area contributed by atoms with E-state index in [1.54, 1.807) is 14.2 Å². The molecule has 33 heavy (non-hydrogen) atoms. The van der Waals surface area contributed by atoms with Crippen LogP contribution in [0.15, 0.2) is 67.0 Å². The fraction of sp³-hybridized carbons (Fsp3) is 0.208.